The number of aromatic nitrogens is 1. The van der Waals surface area contributed by atoms with E-state index in [2.05, 4.69) is 15.6 Å². The van der Waals surface area contributed by atoms with Crippen molar-refractivity contribution in [3.8, 4) is 10.6 Å². The lowest BCUT2D eigenvalue weighted by Crippen LogP contribution is -2.30. The van der Waals surface area contributed by atoms with Crippen molar-refractivity contribution in [2.45, 2.75) is 19.9 Å². The number of hydrogen-bond acceptors (Lipinski definition) is 6. The Bertz CT molecular complexity index is 949. The number of aryl methyl sites for hydroxylation is 1. The fourth-order valence-electron chi connectivity index (χ4n) is 2.56. The highest BCUT2D eigenvalue weighted by Crippen LogP contribution is 2.34. The van der Waals surface area contributed by atoms with Crippen LogP contribution < -0.4 is 10.6 Å². The number of anilines is 1. The van der Waals surface area contributed by atoms with Crippen molar-refractivity contribution in [2.75, 3.05) is 11.9 Å². The lowest BCUT2D eigenvalue weighted by molar-refractivity contribution is -0.114. The van der Waals surface area contributed by atoms with Gasteiger partial charge in [0.15, 0.2) is 10.9 Å². The molecule has 0 aliphatic carbocycles. The fraction of sp³-hybridized carbons (Fsp3) is 0.211. The van der Waals surface area contributed by atoms with Crippen molar-refractivity contribution >= 4 is 28.3 Å². The lowest BCUT2D eigenvalue weighted by Gasteiger charge is -2.15. The van der Waals surface area contributed by atoms with E-state index in [0.29, 0.717) is 16.6 Å². The SMILES string of the molecule is CC(=O)Nc1nc(C)c(-c2ccc(C(=O)N[C@@H](CO)c3ccccc3)o2)s1. The normalized spacial score (nSPS) is 11.8. The van der Waals surface area contributed by atoms with E-state index in [1.54, 1.807) is 19.1 Å². The molecule has 2 amide bonds. The number of nitrogens with zero attached hydrogens (tertiary/aromatic N) is 1. The number of nitrogens with one attached hydrogen (secondary N) is 2. The van der Waals surface area contributed by atoms with Crippen LogP contribution in [0.15, 0.2) is 46.9 Å². The zero-order valence-electron chi connectivity index (χ0n) is 14.9. The van der Waals surface area contributed by atoms with E-state index in [4.69, 9.17) is 4.42 Å². The third-order valence-corrected chi connectivity index (χ3v) is 4.91. The Balaban J connectivity index is 1.76. The van der Waals surface area contributed by atoms with Gasteiger partial charge in [-0.3, -0.25) is 9.59 Å². The molecule has 3 N–H and O–H groups in total. The zero-order valence-corrected chi connectivity index (χ0v) is 15.7. The number of hydrogen-bond donors (Lipinski definition) is 3. The molecular weight excluding hydrogens is 366 g/mol. The molecule has 3 aromatic rings. The van der Waals surface area contributed by atoms with Crippen molar-refractivity contribution in [3.63, 3.8) is 0 Å². The lowest BCUT2D eigenvalue weighted by atomic mass is 10.1. The first-order chi connectivity index (χ1) is 13.0. The molecule has 3 rings (SSSR count). The minimum absolute atomic E-state index is 0.133. The fourth-order valence-corrected chi connectivity index (χ4v) is 3.53. The Morgan fingerprint density at radius 1 is 1.22 bits per heavy atom. The van der Waals surface area contributed by atoms with E-state index in [1.165, 1.54) is 18.3 Å². The summed E-state index contributed by atoms with van der Waals surface area (Å²) < 4.78 is 5.68. The molecule has 1 atom stereocenters. The van der Waals surface area contributed by atoms with Gasteiger partial charge in [-0.05, 0) is 24.6 Å². The van der Waals surface area contributed by atoms with Crippen molar-refractivity contribution in [3.05, 3.63) is 59.5 Å². The van der Waals surface area contributed by atoms with Crippen LogP contribution in [0.5, 0.6) is 0 Å². The minimum atomic E-state index is -0.524. The first-order valence-corrected chi connectivity index (χ1v) is 9.11. The van der Waals surface area contributed by atoms with E-state index in [1.807, 2.05) is 30.3 Å². The number of benzene rings is 1. The van der Waals surface area contributed by atoms with Crippen molar-refractivity contribution in [2.24, 2.45) is 0 Å². The predicted octanol–water partition coefficient (Wildman–Crippen LogP) is 3.13. The maximum absolute atomic E-state index is 12.5. The molecule has 2 aromatic heterocycles. The highest BCUT2D eigenvalue weighted by Gasteiger charge is 2.20. The Labute approximate surface area is 160 Å². The highest BCUT2D eigenvalue weighted by molar-refractivity contribution is 7.19. The second-order valence-corrected chi connectivity index (χ2v) is 6.90. The largest absolute Gasteiger partial charge is 0.450 e. The van der Waals surface area contributed by atoms with E-state index < -0.39 is 11.9 Å². The first kappa shape index (κ1) is 18.8. The van der Waals surface area contributed by atoms with Gasteiger partial charge >= 0.3 is 0 Å². The van der Waals surface area contributed by atoms with Crippen molar-refractivity contribution < 1.29 is 19.1 Å². The summed E-state index contributed by atoms with van der Waals surface area (Å²) in [7, 11) is 0. The third-order valence-electron chi connectivity index (χ3n) is 3.82. The molecular formula is C19H19N3O4S. The summed E-state index contributed by atoms with van der Waals surface area (Å²) in [5.74, 6) is -0.000514. The quantitative estimate of drug-likeness (QED) is 0.605. The Kier molecular flexibility index (Phi) is 5.68. The van der Waals surface area contributed by atoms with Crippen LogP contribution in [0.3, 0.4) is 0 Å². The molecule has 0 saturated carbocycles. The van der Waals surface area contributed by atoms with Crippen LogP contribution in [-0.2, 0) is 4.79 Å². The third kappa shape index (κ3) is 4.42. The van der Waals surface area contributed by atoms with Crippen LogP contribution in [0, 0.1) is 6.92 Å². The van der Waals surface area contributed by atoms with Crippen molar-refractivity contribution in [1.29, 1.82) is 0 Å². The van der Waals surface area contributed by atoms with Crippen LogP contribution in [0.25, 0.3) is 10.6 Å². The summed E-state index contributed by atoms with van der Waals surface area (Å²) in [6.45, 7) is 2.99. The maximum atomic E-state index is 12.5. The van der Waals surface area contributed by atoms with Gasteiger partial charge in [0.05, 0.1) is 23.2 Å². The standard InChI is InChI=1S/C19H19N3O4S/c1-11-17(27-19(20-11)21-12(2)24)15-8-9-16(26-15)18(25)22-14(10-23)13-6-4-3-5-7-13/h3-9,14,23H,10H2,1-2H3,(H,22,25)(H,20,21,24)/t14-/m0/s1. The minimum Gasteiger partial charge on any atom is -0.450 e. The summed E-state index contributed by atoms with van der Waals surface area (Å²) in [6, 6.07) is 11.9. The molecule has 0 unspecified atom stereocenters. The zero-order chi connectivity index (χ0) is 19.4. The summed E-state index contributed by atoms with van der Waals surface area (Å²) in [5, 5.41) is 15.5. The number of thiazole rings is 1. The van der Waals surface area contributed by atoms with Crippen LogP contribution in [-0.4, -0.2) is 28.5 Å². The predicted molar refractivity (Wildman–Crippen MR) is 103 cm³/mol. The molecule has 0 aliphatic rings. The topological polar surface area (TPSA) is 104 Å². The Morgan fingerprint density at radius 3 is 2.63 bits per heavy atom. The molecule has 0 saturated heterocycles. The second-order valence-electron chi connectivity index (χ2n) is 5.90. The van der Waals surface area contributed by atoms with E-state index in [9.17, 15) is 14.7 Å². The van der Waals surface area contributed by atoms with Gasteiger partial charge in [-0.1, -0.05) is 41.7 Å². The van der Waals surface area contributed by atoms with Gasteiger partial charge in [0.1, 0.15) is 5.76 Å². The molecule has 27 heavy (non-hydrogen) atoms. The maximum Gasteiger partial charge on any atom is 0.287 e. The molecule has 2 heterocycles. The molecule has 0 aliphatic heterocycles. The van der Waals surface area contributed by atoms with E-state index in [0.717, 1.165) is 10.4 Å². The van der Waals surface area contributed by atoms with Crippen LogP contribution in [0.1, 0.15) is 34.8 Å². The molecule has 140 valence electrons. The van der Waals surface area contributed by atoms with Gasteiger partial charge < -0.3 is 20.2 Å². The number of carbonyl (C=O) groups excluding carboxylic acids is 2. The average Bonchev–Trinajstić information content (AvgIpc) is 3.26. The molecule has 0 radical (unpaired) electrons. The number of aliphatic hydroxyl groups is 1. The molecule has 0 spiro atoms. The smallest absolute Gasteiger partial charge is 0.287 e. The number of rotatable bonds is 6. The van der Waals surface area contributed by atoms with Gasteiger partial charge in [0.2, 0.25) is 5.91 Å². The van der Waals surface area contributed by atoms with Crippen LogP contribution >= 0.6 is 11.3 Å². The highest BCUT2D eigenvalue weighted by atomic mass is 32.1. The Morgan fingerprint density at radius 2 is 1.96 bits per heavy atom. The van der Waals surface area contributed by atoms with Gasteiger partial charge in [0.25, 0.3) is 5.91 Å². The number of furan rings is 1. The van der Waals surface area contributed by atoms with Gasteiger partial charge in [-0.15, -0.1) is 0 Å². The number of amides is 2. The average molecular weight is 385 g/mol. The van der Waals surface area contributed by atoms with E-state index >= 15 is 0 Å². The molecule has 8 heteroatoms. The number of carbonyl (C=O) groups is 2. The summed E-state index contributed by atoms with van der Waals surface area (Å²) in [5.41, 5.74) is 1.50. The molecule has 0 fully saturated rings. The van der Waals surface area contributed by atoms with Crippen LogP contribution in [0.2, 0.25) is 0 Å². The van der Waals surface area contributed by atoms with Gasteiger partial charge in [-0.25, -0.2) is 4.98 Å². The Hall–Kier alpha value is -2.97. The second kappa shape index (κ2) is 8.15. The molecule has 0 bridgehead atoms. The van der Waals surface area contributed by atoms with E-state index in [-0.39, 0.29) is 18.3 Å². The first-order valence-electron chi connectivity index (χ1n) is 8.30. The van der Waals surface area contributed by atoms with Crippen molar-refractivity contribution in [1.82, 2.24) is 10.3 Å². The number of aliphatic hydroxyl groups excluding tert-OH is 1. The van der Waals surface area contributed by atoms with Gasteiger partial charge in [0, 0.05) is 6.92 Å². The summed E-state index contributed by atoms with van der Waals surface area (Å²) in [6.07, 6.45) is 0. The molecule has 7 nitrogen and oxygen atoms in total. The summed E-state index contributed by atoms with van der Waals surface area (Å²) in [4.78, 5) is 28.7. The monoisotopic (exact) mass is 385 g/mol. The van der Waals surface area contributed by atoms with Gasteiger partial charge in [-0.2, -0.15) is 0 Å². The van der Waals surface area contributed by atoms with Crippen LogP contribution in [0.4, 0.5) is 5.13 Å². The summed E-state index contributed by atoms with van der Waals surface area (Å²) >= 11 is 1.27. The molecule has 1 aromatic carbocycles.